The third-order valence-corrected chi connectivity index (χ3v) is 6.01. The van der Waals surface area contributed by atoms with Crippen LogP contribution in [0.15, 0.2) is 60.7 Å². The predicted octanol–water partition coefficient (Wildman–Crippen LogP) is 1.04. The zero-order valence-electron chi connectivity index (χ0n) is 13.6. The molecule has 3 N–H and O–H groups in total. The fraction of sp³-hybridized carbons (Fsp3) is 0.300. The predicted molar refractivity (Wildman–Crippen MR) is 90.8 cm³/mol. The van der Waals surface area contributed by atoms with E-state index in [1.54, 1.807) is 6.08 Å². The zero-order valence-corrected chi connectivity index (χ0v) is 13.6. The highest BCUT2D eigenvalue weighted by atomic mass is 16.8. The Bertz CT molecular complexity index is 972. The number of aliphatic hydroxyl groups excluding tert-OH is 3. The highest BCUT2D eigenvalue weighted by Gasteiger charge is 2.91. The molecule has 6 heteroatoms. The second-order valence-electron chi connectivity index (χ2n) is 7.19. The lowest BCUT2D eigenvalue weighted by Gasteiger charge is -2.46. The zero-order chi connectivity index (χ0) is 17.7. The van der Waals surface area contributed by atoms with Crippen LogP contribution in [0.5, 0.6) is 11.5 Å². The van der Waals surface area contributed by atoms with Crippen LogP contribution in [-0.2, 0) is 4.74 Å². The van der Waals surface area contributed by atoms with Gasteiger partial charge in [0.05, 0.1) is 5.39 Å². The molecule has 0 bridgehead atoms. The Morgan fingerprint density at radius 2 is 1.38 bits per heavy atom. The van der Waals surface area contributed by atoms with Gasteiger partial charge in [0.2, 0.25) is 5.60 Å². The van der Waals surface area contributed by atoms with Crippen molar-refractivity contribution >= 4 is 10.8 Å². The first-order valence-corrected chi connectivity index (χ1v) is 8.56. The second-order valence-corrected chi connectivity index (χ2v) is 7.19. The number of ether oxygens (including phenoxy) is 3. The molecule has 2 aliphatic heterocycles. The molecule has 1 fully saturated rings. The molecule has 0 aromatic heterocycles. The molecule has 0 saturated carbocycles. The molecule has 6 nitrogen and oxygen atoms in total. The number of benzene rings is 2. The van der Waals surface area contributed by atoms with Gasteiger partial charge in [-0.05, 0) is 23.6 Å². The molecular weight excluding hydrogens is 336 g/mol. The molecule has 6 rings (SSSR count). The average Bonchev–Trinajstić information content (AvgIpc) is 3.39. The van der Waals surface area contributed by atoms with Gasteiger partial charge in [-0.15, -0.1) is 0 Å². The third kappa shape index (κ3) is 1.35. The van der Waals surface area contributed by atoms with E-state index in [1.165, 1.54) is 18.2 Å². The van der Waals surface area contributed by atoms with Crippen LogP contribution in [0.25, 0.3) is 10.8 Å². The Morgan fingerprint density at radius 1 is 0.769 bits per heavy atom. The van der Waals surface area contributed by atoms with Crippen LogP contribution in [-0.4, -0.2) is 50.6 Å². The first-order chi connectivity index (χ1) is 12.5. The molecule has 4 aliphatic rings. The third-order valence-electron chi connectivity index (χ3n) is 6.01. The largest absolute Gasteiger partial charge is 0.445 e. The van der Waals surface area contributed by atoms with E-state index in [0.29, 0.717) is 11.5 Å². The number of hydrogen-bond donors (Lipinski definition) is 3. The van der Waals surface area contributed by atoms with Gasteiger partial charge in [0, 0.05) is 6.08 Å². The molecule has 5 atom stereocenters. The van der Waals surface area contributed by atoms with Crippen LogP contribution in [0.3, 0.4) is 0 Å². The fourth-order valence-electron chi connectivity index (χ4n) is 4.80. The summed E-state index contributed by atoms with van der Waals surface area (Å²) in [6, 6.07) is 11.4. The number of hydrogen-bond acceptors (Lipinski definition) is 6. The van der Waals surface area contributed by atoms with E-state index in [4.69, 9.17) is 14.2 Å². The molecule has 0 amide bonds. The van der Waals surface area contributed by atoms with Gasteiger partial charge in [-0.25, -0.2) is 0 Å². The van der Waals surface area contributed by atoms with Gasteiger partial charge in [-0.2, -0.15) is 0 Å². The van der Waals surface area contributed by atoms with Gasteiger partial charge < -0.3 is 29.5 Å². The lowest BCUT2D eigenvalue weighted by molar-refractivity contribution is -0.162. The summed E-state index contributed by atoms with van der Waals surface area (Å²) in [5.74, 6) is -0.305. The lowest BCUT2D eigenvalue weighted by atomic mass is 9.68. The Hall–Kier alpha value is -2.38. The fourth-order valence-corrected chi connectivity index (χ4v) is 4.80. The number of rotatable bonds is 0. The van der Waals surface area contributed by atoms with Gasteiger partial charge in [0.15, 0.2) is 5.60 Å². The van der Waals surface area contributed by atoms with Crippen LogP contribution < -0.4 is 9.47 Å². The first kappa shape index (κ1) is 14.8. The molecule has 26 heavy (non-hydrogen) atoms. The molecule has 132 valence electrons. The molecule has 2 aromatic carbocycles. The molecule has 2 heterocycles. The SMILES string of the molecule is O[C@@H]1C=CC2(Oc3cccc4cccc(c34)O2)[C@@]23O[C@@]12[C@@H](O)C=C[C@H]3O. The van der Waals surface area contributed by atoms with Crippen LogP contribution >= 0.6 is 0 Å². The van der Waals surface area contributed by atoms with Crippen LogP contribution in [0, 0.1) is 0 Å². The van der Waals surface area contributed by atoms with E-state index < -0.39 is 35.3 Å². The minimum absolute atomic E-state index is 0.598. The highest BCUT2D eigenvalue weighted by molar-refractivity contribution is 5.94. The minimum atomic E-state index is -1.50. The van der Waals surface area contributed by atoms with Crippen molar-refractivity contribution in [2.24, 2.45) is 0 Å². The van der Waals surface area contributed by atoms with Crippen LogP contribution in [0.1, 0.15) is 0 Å². The molecular formula is C20H16O6. The number of epoxide rings is 1. The molecule has 2 aliphatic carbocycles. The van der Waals surface area contributed by atoms with Gasteiger partial charge in [-0.3, -0.25) is 0 Å². The van der Waals surface area contributed by atoms with Gasteiger partial charge >= 0.3 is 5.79 Å². The van der Waals surface area contributed by atoms with Crippen molar-refractivity contribution in [3.05, 3.63) is 60.7 Å². The average molecular weight is 352 g/mol. The summed E-state index contributed by atoms with van der Waals surface area (Å²) in [6.07, 6.45) is 2.66. The van der Waals surface area contributed by atoms with Gasteiger partial charge in [0.1, 0.15) is 29.8 Å². The summed E-state index contributed by atoms with van der Waals surface area (Å²) in [4.78, 5) is 0. The van der Waals surface area contributed by atoms with Gasteiger partial charge in [-0.1, -0.05) is 36.4 Å². The Balaban J connectivity index is 1.60. The normalized spacial score (nSPS) is 40.5. The second kappa shape index (κ2) is 4.29. The first-order valence-electron chi connectivity index (χ1n) is 8.56. The van der Waals surface area contributed by atoms with Crippen molar-refractivity contribution in [3.63, 3.8) is 0 Å². The van der Waals surface area contributed by atoms with Crippen molar-refractivity contribution in [2.45, 2.75) is 35.3 Å². The van der Waals surface area contributed by atoms with E-state index in [0.717, 1.165) is 10.8 Å². The molecule has 0 unspecified atom stereocenters. The van der Waals surface area contributed by atoms with E-state index in [2.05, 4.69) is 0 Å². The van der Waals surface area contributed by atoms with E-state index in [9.17, 15) is 15.3 Å². The maximum Gasteiger partial charge on any atom is 0.306 e. The maximum atomic E-state index is 10.8. The lowest BCUT2D eigenvalue weighted by Crippen LogP contribution is -2.69. The van der Waals surface area contributed by atoms with Gasteiger partial charge in [0.25, 0.3) is 0 Å². The smallest absolute Gasteiger partial charge is 0.306 e. The van der Waals surface area contributed by atoms with Crippen molar-refractivity contribution < 1.29 is 29.5 Å². The minimum Gasteiger partial charge on any atom is -0.445 e. The number of aliphatic hydroxyl groups is 3. The summed E-state index contributed by atoms with van der Waals surface area (Å²) >= 11 is 0. The Morgan fingerprint density at radius 3 is 2.08 bits per heavy atom. The van der Waals surface area contributed by atoms with Crippen molar-refractivity contribution in [2.75, 3.05) is 0 Å². The topological polar surface area (TPSA) is 91.7 Å². The maximum absolute atomic E-state index is 10.8. The van der Waals surface area contributed by atoms with Crippen LogP contribution in [0.2, 0.25) is 0 Å². The van der Waals surface area contributed by atoms with Crippen LogP contribution in [0.4, 0.5) is 0 Å². The molecule has 0 radical (unpaired) electrons. The summed E-state index contributed by atoms with van der Waals surface area (Å²) in [5.41, 5.74) is -2.85. The standard InChI is InChI=1S/C20H16O6/c21-14-7-8-16(23)20-18(10-9-15(22)19(14,20)26-20)24-12-5-1-3-11-4-2-6-13(25-18)17(11)12/h1-10,14-16,21-23H/t14-,15+,16+,19-,20+/m0/s1. The van der Waals surface area contributed by atoms with Crippen molar-refractivity contribution in [1.82, 2.24) is 0 Å². The summed E-state index contributed by atoms with van der Waals surface area (Å²) < 4.78 is 18.4. The van der Waals surface area contributed by atoms with E-state index in [1.807, 2.05) is 36.4 Å². The summed E-state index contributed by atoms with van der Waals surface area (Å²) in [6.45, 7) is 0. The molecule has 1 saturated heterocycles. The van der Waals surface area contributed by atoms with E-state index in [-0.39, 0.29) is 0 Å². The van der Waals surface area contributed by atoms with E-state index >= 15 is 0 Å². The van der Waals surface area contributed by atoms with Crippen molar-refractivity contribution in [1.29, 1.82) is 0 Å². The summed E-state index contributed by atoms with van der Waals surface area (Å²) in [5, 5.41) is 33.6. The summed E-state index contributed by atoms with van der Waals surface area (Å²) in [7, 11) is 0. The highest BCUT2D eigenvalue weighted by Crippen LogP contribution is 2.67. The monoisotopic (exact) mass is 352 g/mol. The quantitative estimate of drug-likeness (QED) is 0.485. The molecule has 2 aromatic rings. The Kier molecular flexibility index (Phi) is 2.44. The Labute approximate surface area is 148 Å². The van der Waals surface area contributed by atoms with Crippen molar-refractivity contribution in [3.8, 4) is 11.5 Å². The molecule has 1 spiro atoms.